The highest BCUT2D eigenvalue weighted by molar-refractivity contribution is 6.53. The van der Waals surface area contributed by atoms with Gasteiger partial charge in [0.05, 0.1) is 0 Å². The number of hydrogen-bond acceptors (Lipinski definition) is 1. The summed E-state index contributed by atoms with van der Waals surface area (Å²) in [5, 5.41) is 0. The second-order valence-electron chi connectivity index (χ2n) is 5.44. The number of hydrogen-bond donors (Lipinski definition) is 0. The Morgan fingerprint density at radius 3 is 2.52 bits per heavy atom. The Balaban J connectivity index is 2.11. The number of rotatable bonds is 7. The van der Waals surface area contributed by atoms with E-state index in [0.29, 0.717) is 18.6 Å². The Kier molecular flexibility index (Phi) is 5.15. The van der Waals surface area contributed by atoms with Gasteiger partial charge in [-0.15, -0.1) is 0 Å². The summed E-state index contributed by atoms with van der Waals surface area (Å²) in [6, 6.07) is 9.67. The van der Waals surface area contributed by atoms with Crippen LogP contribution in [0.25, 0.3) is 0 Å². The van der Waals surface area contributed by atoms with Gasteiger partial charge in [0.25, 0.3) is 0 Å². The third kappa shape index (κ3) is 3.93. The maximum atomic E-state index is 14.0. The Labute approximate surface area is 125 Å². The molecule has 0 radical (unpaired) electrons. The van der Waals surface area contributed by atoms with Crippen molar-refractivity contribution in [3.05, 3.63) is 48.2 Å². The van der Waals surface area contributed by atoms with E-state index in [1.807, 2.05) is 30.3 Å². The summed E-state index contributed by atoms with van der Waals surface area (Å²) < 4.78 is 33.9. The molecular weight excluding hydrogens is 271 g/mol. The summed E-state index contributed by atoms with van der Waals surface area (Å²) in [5.41, 5.74) is 1.62. The van der Waals surface area contributed by atoms with Crippen LogP contribution in [-0.4, -0.2) is 23.8 Å². The Morgan fingerprint density at radius 2 is 1.86 bits per heavy atom. The minimum atomic E-state index is -3.96. The zero-order chi connectivity index (χ0) is 15.3. The molecule has 0 bridgehead atoms. The van der Waals surface area contributed by atoms with E-state index in [4.69, 9.17) is 4.65 Å². The van der Waals surface area contributed by atoms with Gasteiger partial charge >= 0.3 is 7.04 Å². The molecule has 2 rings (SSSR count). The van der Waals surface area contributed by atoms with Gasteiger partial charge in [-0.05, 0) is 12.0 Å². The molecule has 5 heteroatoms. The molecule has 1 aromatic carbocycles. The van der Waals surface area contributed by atoms with Crippen molar-refractivity contribution in [1.29, 1.82) is 0 Å². The second kappa shape index (κ2) is 6.88. The van der Waals surface area contributed by atoms with Crippen LogP contribution in [0.15, 0.2) is 42.7 Å². The van der Waals surface area contributed by atoms with Crippen LogP contribution in [0.4, 0.5) is 8.63 Å². The molecule has 1 aliphatic heterocycles. The molecule has 0 N–H and O–H groups in total. The molecular formula is C16H22BF2NO. The molecule has 0 aliphatic carbocycles. The number of benzene rings is 1. The van der Waals surface area contributed by atoms with E-state index < -0.39 is 7.04 Å². The summed E-state index contributed by atoms with van der Waals surface area (Å²) >= 11 is 0. The smallest absolute Gasteiger partial charge is 0.596 e. The zero-order valence-corrected chi connectivity index (χ0v) is 12.5. The maximum Gasteiger partial charge on any atom is 0.828 e. The van der Waals surface area contributed by atoms with Gasteiger partial charge in [-0.3, -0.25) is 0 Å². The fourth-order valence-electron chi connectivity index (χ4n) is 2.65. The molecule has 0 unspecified atom stereocenters. The third-order valence-corrected chi connectivity index (χ3v) is 3.82. The Morgan fingerprint density at radius 1 is 1.14 bits per heavy atom. The van der Waals surface area contributed by atoms with E-state index in [0.717, 1.165) is 29.3 Å². The minimum Gasteiger partial charge on any atom is -0.596 e. The van der Waals surface area contributed by atoms with E-state index in [9.17, 15) is 8.63 Å². The fraction of sp³-hybridized carbons (Fsp3) is 0.438. The average molecular weight is 293 g/mol. The molecule has 0 amide bonds. The van der Waals surface area contributed by atoms with Crippen LogP contribution in [-0.2, 0) is 11.1 Å². The normalized spacial score (nSPS) is 17.2. The van der Waals surface area contributed by atoms with Gasteiger partial charge in [0.2, 0.25) is 0 Å². The molecule has 0 aromatic heterocycles. The molecule has 0 saturated heterocycles. The van der Waals surface area contributed by atoms with Crippen molar-refractivity contribution >= 4 is 12.7 Å². The number of halogens is 2. The minimum absolute atomic E-state index is 0.143. The molecule has 0 saturated carbocycles. The largest absolute Gasteiger partial charge is 0.828 e. The maximum absolute atomic E-state index is 14.0. The van der Waals surface area contributed by atoms with Crippen molar-refractivity contribution < 1.29 is 17.8 Å². The monoisotopic (exact) mass is 293 g/mol. The van der Waals surface area contributed by atoms with Gasteiger partial charge < -0.3 is 17.8 Å². The highest BCUT2D eigenvalue weighted by Gasteiger charge is 2.53. The number of allylic oxidation sites excluding steroid dienone is 1. The van der Waals surface area contributed by atoms with Crippen LogP contribution in [0.1, 0.15) is 38.2 Å². The van der Waals surface area contributed by atoms with Gasteiger partial charge in [-0.2, -0.15) is 0 Å². The van der Waals surface area contributed by atoms with E-state index in [2.05, 4.69) is 13.5 Å². The molecule has 2 nitrogen and oxygen atoms in total. The first-order valence-corrected chi connectivity index (χ1v) is 7.60. The fourth-order valence-corrected chi connectivity index (χ4v) is 2.65. The van der Waals surface area contributed by atoms with Crippen LogP contribution in [0.3, 0.4) is 0 Å². The van der Waals surface area contributed by atoms with Crippen LogP contribution in [0.5, 0.6) is 0 Å². The van der Waals surface area contributed by atoms with Crippen molar-refractivity contribution in [2.24, 2.45) is 0 Å². The van der Waals surface area contributed by atoms with Crippen molar-refractivity contribution in [3.8, 4) is 0 Å². The predicted octanol–water partition coefficient (Wildman–Crippen LogP) is 4.18. The molecule has 1 aliphatic rings. The summed E-state index contributed by atoms with van der Waals surface area (Å²) in [4.78, 5) is 0. The van der Waals surface area contributed by atoms with Crippen LogP contribution >= 0.6 is 0 Å². The highest BCUT2D eigenvalue weighted by atomic mass is 19.3. The summed E-state index contributed by atoms with van der Waals surface area (Å²) in [6.07, 6.45) is 4.17. The van der Waals surface area contributed by atoms with Crippen molar-refractivity contribution in [2.45, 2.75) is 39.0 Å². The van der Waals surface area contributed by atoms with Gasteiger partial charge in [0, 0.05) is 12.8 Å². The summed E-state index contributed by atoms with van der Waals surface area (Å²) in [5.74, 6) is 0.143. The molecule has 0 fully saturated rings. The highest BCUT2D eigenvalue weighted by Crippen LogP contribution is 2.26. The van der Waals surface area contributed by atoms with E-state index in [1.165, 1.54) is 0 Å². The quantitative estimate of drug-likeness (QED) is 0.542. The summed E-state index contributed by atoms with van der Waals surface area (Å²) in [6.45, 7) is 6.00. The standard InChI is InChI=1S/C16H22BF2NO/c1-3-4-6-11-16-14(2)21-17(18,19)20(16)13-12-15-9-7-5-8-10-15/h5,7-10H,2-4,6,11-13H2,1H3. The molecule has 1 heterocycles. The molecule has 0 atom stereocenters. The lowest BCUT2D eigenvalue weighted by molar-refractivity contribution is -0.431. The lowest BCUT2D eigenvalue weighted by atomic mass is 10.0. The van der Waals surface area contributed by atoms with E-state index in [-0.39, 0.29) is 12.3 Å². The van der Waals surface area contributed by atoms with Gasteiger partial charge in [0.15, 0.2) is 5.71 Å². The van der Waals surface area contributed by atoms with Crippen LogP contribution in [0.2, 0.25) is 0 Å². The first-order chi connectivity index (χ1) is 10.0. The predicted molar refractivity (Wildman–Crippen MR) is 82.6 cm³/mol. The molecule has 0 spiro atoms. The van der Waals surface area contributed by atoms with E-state index >= 15 is 0 Å². The van der Waals surface area contributed by atoms with Gasteiger partial charge in [-0.25, -0.2) is 0 Å². The lowest BCUT2D eigenvalue weighted by Gasteiger charge is -2.15. The van der Waals surface area contributed by atoms with Crippen LogP contribution < -0.4 is 0 Å². The molecule has 114 valence electrons. The van der Waals surface area contributed by atoms with Crippen molar-refractivity contribution in [3.63, 3.8) is 0 Å². The Bertz CT molecular complexity index is 528. The zero-order valence-electron chi connectivity index (χ0n) is 12.5. The van der Waals surface area contributed by atoms with Gasteiger partial charge in [-0.1, -0.05) is 56.7 Å². The first-order valence-electron chi connectivity index (χ1n) is 7.60. The first kappa shape index (κ1) is 15.7. The Hall–Kier alpha value is -1.65. The average Bonchev–Trinajstić information content (AvgIpc) is 2.67. The molecule has 21 heavy (non-hydrogen) atoms. The van der Waals surface area contributed by atoms with Crippen LogP contribution in [0, 0.1) is 0 Å². The topological polar surface area (TPSA) is 12.2 Å². The lowest BCUT2D eigenvalue weighted by Crippen LogP contribution is -2.40. The third-order valence-electron chi connectivity index (χ3n) is 3.82. The SMILES string of the molecule is C=C1O[B-](F)(F)[N+](CCc2ccccc2)=C1CCCCC. The molecule has 1 aromatic rings. The van der Waals surface area contributed by atoms with Crippen molar-refractivity contribution in [1.82, 2.24) is 0 Å². The van der Waals surface area contributed by atoms with Gasteiger partial charge in [0.1, 0.15) is 12.3 Å². The number of nitrogens with zero attached hydrogens (tertiary/aromatic N) is 1. The van der Waals surface area contributed by atoms with Crippen molar-refractivity contribution in [2.75, 3.05) is 6.54 Å². The number of unbranched alkanes of at least 4 members (excludes halogenated alkanes) is 2. The summed E-state index contributed by atoms with van der Waals surface area (Å²) in [7, 11) is -3.96. The second-order valence-corrected chi connectivity index (χ2v) is 5.44. The van der Waals surface area contributed by atoms with E-state index in [1.54, 1.807) is 0 Å².